The van der Waals surface area contributed by atoms with Crippen LogP contribution >= 0.6 is 11.3 Å². The lowest BCUT2D eigenvalue weighted by atomic mass is 10.2. The van der Waals surface area contributed by atoms with Gasteiger partial charge < -0.3 is 15.8 Å². The summed E-state index contributed by atoms with van der Waals surface area (Å²) in [5.74, 6) is -0.222. The Kier molecular flexibility index (Phi) is 7.82. The standard InChI is InChI=1S/C13H21N3O3S/c1-19-13(18)5-3-2-4-6-15-11(17)7-10-9-20-12(8-14)16-10/h9H,2-8,14H2,1H3,(H,15,17). The molecule has 1 heterocycles. The number of nitrogens with zero attached hydrogens (tertiary/aromatic N) is 1. The number of esters is 1. The number of carbonyl (C=O) groups excluding carboxylic acids is 2. The Bertz CT molecular complexity index is 434. The van der Waals surface area contributed by atoms with Crippen LogP contribution < -0.4 is 11.1 Å². The molecule has 6 nitrogen and oxygen atoms in total. The molecular formula is C13H21N3O3S. The quantitative estimate of drug-likeness (QED) is 0.524. The number of nitrogens with two attached hydrogens (primary N) is 1. The van der Waals surface area contributed by atoms with E-state index in [2.05, 4.69) is 15.0 Å². The van der Waals surface area contributed by atoms with E-state index in [0.717, 1.165) is 30.0 Å². The molecule has 112 valence electrons. The number of methoxy groups -OCH3 is 1. The van der Waals surface area contributed by atoms with E-state index in [1.54, 1.807) is 0 Å². The summed E-state index contributed by atoms with van der Waals surface area (Å²) in [5, 5.41) is 5.54. The Hall–Kier alpha value is -1.47. The first-order chi connectivity index (χ1) is 9.65. The molecule has 7 heteroatoms. The minimum absolute atomic E-state index is 0.0353. The van der Waals surface area contributed by atoms with Crippen molar-refractivity contribution < 1.29 is 14.3 Å². The number of hydrogen-bond donors (Lipinski definition) is 2. The molecule has 0 saturated heterocycles. The molecule has 1 aromatic heterocycles. The fraction of sp³-hybridized carbons (Fsp3) is 0.615. The van der Waals surface area contributed by atoms with Crippen LogP contribution in [0.1, 0.15) is 36.4 Å². The van der Waals surface area contributed by atoms with E-state index in [1.807, 2.05) is 5.38 Å². The maximum Gasteiger partial charge on any atom is 0.305 e. The molecule has 20 heavy (non-hydrogen) atoms. The molecule has 0 aliphatic carbocycles. The summed E-state index contributed by atoms with van der Waals surface area (Å²) in [6.45, 7) is 1.03. The predicted octanol–water partition coefficient (Wildman–Crippen LogP) is 0.994. The highest BCUT2D eigenvalue weighted by Crippen LogP contribution is 2.09. The van der Waals surface area contributed by atoms with Crippen molar-refractivity contribution in [2.45, 2.75) is 38.6 Å². The van der Waals surface area contributed by atoms with Crippen molar-refractivity contribution in [2.75, 3.05) is 13.7 Å². The van der Waals surface area contributed by atoms with E-state index in [0.29, 0.717) is 25.9 Å². The Morgan fingerprint density at radius 3 is 2.85 bits per heavy atom. The lowest BCUT2D eigenvalue weighted by Crippen LogP contribution is -2.26. The van der Waals surface area contributed by atoms with Crippen LogP contribution in [0.25, 0.3) is 0 Å². The first-order valence-electron chi connectivity index (χ1n) is 6.62. The van der Waals surface area contributed by atoms with Crippen LogP contribution in [0, 0.1) is 0 Å². The molecule has 0 aliphatic heterocycles. The molecule has 1 amide bonds. The van der Waals surface area contributed by atoms with Crippen molar-refractivity contribution in [2.24, 2.45) is 5.73 Å². The summed E-state index contributed by atoms with van der Waals surface area (Å²) in [7, 11) is 1.39. The number of aromatic nitrogens is 1. The number of amides is 1. The van der Waals surface area contributed by atoms with Gasteiger partial charge in [-0.1, -0.05) is 6.42 Å². The van der Waals surface area contributed by atoms with Crippen molar-refractivity contribution in [1.82, 2.24) is 10.3 Å². The van der Waals surface area contributed by atoms with E-state index in [9.17, 15) is 9.59 Å². The largest absolute Gasteiger partial charge is 0.469 e. The van der Waals surface area contributed by atoms with E-state index < -0.39 is 0 Å². The predicted molar refractivity (Wildman–Crippen MR) is 77.2 cm³/mol. The van der Waals surface area contributed by atoms with Crippen LogP contribution in [0.2, 0.25) is 0 Å². The van der Waals surface area contributed by atoms with Crippen LogP contribution in [-0.2, 0) is 27.3 Å². The third kappa shape index (κ3) is 6.63. The molecule has 1 aromatic rings. The van der Waals surface area contributed by atoms with E-state index >= 15 is 0 Å². The second-order valence-corrected chi connectivity index (χ2v) is 5.29. The second-order valence-electron chi connectivity index (χ2n) is 4.35. The molecule has 0 unspecified atom stereocenters. The topological polar surface area (TPSA) is 94.3 Å². The molecule has 3 N–H and O–H groups in total. The van der Waals surface area contributed by atoms with Crippen molar-refractivity contribution >= 4 is 23.2 Å². The van der Waals surface area contributed by atoms with Crippen molar-refractivity contribution in [3.8, 4) is 0 Å². The second kappa shape index (κ2) is 9.44. The zero-order valence-corrected chi connectivity index (χ0v) is 12.5. The first-order valence-corrected chi connectivity index (χ1v) is 7.50. The molecule has 0 saturated carbocycles. The van der Waals surface area contributed by atoms with Gasteiger partial charge in [-0.25, -0.2) is 4.98 Å². The third-order valence-electron chi connectivity index (χ3n) is 2.72. The number of carbonyl (C=O) groups is 2. The number of thiazole rings is 1. The molecule has 0 radical (unpaired) electrons. The summed E-state index contributed by atoms with van der Waals surface area (Å²) in [6, 6.07) is 0. The summed E-state index contributed by atoms with van der Waals surface area (Å²) >= 11 is 1.47. The van der Waals surface area contributed by atoms with Gasteiger partial charge in [0.2, 0.25) is 5.91 Å². The van der Waals surface area contributed by atoms with Gasteiger partial charge in [0, 0.05) is 24.9 Å². The zero-order chi connectivity index (χ0) is 14.8. The average molecular weight is 299 g/mol. The van der Waals surface area contributed by atoms with Gasteiger partial charge in [-0.3, -0.25) is 9.59 Å². The minimum Gasteiger partial charge on any atom is -0.469 e. The molecule has 0 bridgehead atoms. The van der Waals surface area contributed by atoms with Crippen LogP contribution in [0.5, 0.6) is 0 Å². The average Bonchev–Trinajstić information content (AvgIpc) is 2.89. The Morgan fingerprint density at radius 2 is 2.20 bits per heavy atom. The van der Waals surface area contributed by atoms with Crippen LogP contribution in [0.15, 0.2) is 5.38 Å². The van der Waals surface area contributed by atoms with Gasteiger partial charge in [-0.2, -0.15) is 0 Å². The number of unbranched alkanes of at least 4 members (excludes halogenated alkanes) is 2. The molecular weight excluding hydrogens is 278 g/mol. The van der Waals surface area contributed by atoms with Crippen LogP contribution in [-0.4, -0.2) is 30.5 Å². The van der Waals surface area contributed by atoms with Gasteiger partial charge in [-0.05, 0) is 12.8 Å². The Balaban J connectivity index is 2.07. The number of rotatable bonds is 9. The van der Waals surface area contributed by atoms with Crippen molar-refractivity contribution in [3.63, 3.8) is 0 Å². The summed E-state index contributed by atoms with van der Waals surface area (Å²) in [5.41, 5.74) is 6.23. The normalized spacial score (nSPS) is 10.3. The maximum absolute atomic E-state index is 11.6. The molecule has 0 aromatic carbocycles. The van der Waals surface area contributed by atoms with E-state index in [1.165, 1.54) is 18.4 Å². The smallest absolute Gasteiger partial charge is 0.305 e. The highest BCUT2D eigenvalue weighted by atomic mass is 32.1. The van der Waals surface area contributed by atoms with Gasteiger partial charge in [0.25, 0.3) is 0 Å². The Morgan fingerprint density at radius 1 is 1.40 bits per heavy atom. The fourth-order valence-electron chi connectivity index (χ4n) is 1.65. The van der Waals surface area contributed by atoms with Crippen molar-refractivity contribution in [3.05, 3.63) is 16.1 Å². The SMILES string of the molecule is COC(=O)CCCCCNC(=O)Cc1csc(CN)n1. The summed E-state index contributed by atoms with van der Waals surface area (Å²) in [6.07, 6.45) is 3.26. The van der Waals surface area contributed by atoms with Crippen LogP contribution in [0.3, 0.4) is 0 Å². The number of nitrogens with one attached hydrogen (secondary N) is 1. The molecule has 0 atom stereocenters. The highest BCUT2D eigenvalue weighted by Gasteiger charge is 2.06. The summed E-state index contributed by atoms with van der Waals surface area (Å²) in [4.78, 5) is 26.8. The summed E-state index contributed by atoms with van der Waals surface area (Å²) < 4.78 is 4.55. The lowest BCUT2D eigenvalue weighted by molar-refractivity contribution is -0.140. The van der Waals surface area contributed by atoms with Crippen molar-refractivity contribution in [1.29, 1.82) is 0 Å². The lowest BCUT2D eigenvalue weighted by Gasteiger charge is -2.04. The van der Waals surface area contributed by atoms with Gasteiger partial charge in [0.15, 0.2) is 0 Å². The van der Waals surface area contributed by atoms with Crippen LogP contribution in [0.4, 0.5) is 0 Å². The van der Waals surface area contributed by atoms with E-state index in [-0.39, 0.29) is 11.9 Å². The fourth-order valence-corrected chi connectivity index (χ4v) is 2.33. The third-order valence-corrected chi connectivity index (χ3v) is 3.64. The number of hydrogen-bond acceptors (Lipinski definition) is 6. The minimum atomic E-state index is -0.187. The van der Waals surface area contributed by atoms with E-state index in [4.69, 9.17) is 5.73 Å². The zero-order valence-electron chi connectivity index (χ0n) is 11.7. The molecule has 0 fully saturated rings. The maximum atomic E-state index is 11.6. The molecule has 0 aliphatic rings. The molecule has 1 rings (SSSR count). The highest BCUT2D eigenvalue weighted by molar-refractivity contribution is 7.09. The van der Waals surface area contributed by atoms with Gasteiger partial charge in [0.05, 0.1) is 19.2 Å². The van der Waals surface area contributed by atoms with Gasteiger partial charge in [-0.15, -0.1) is 11.3 Å². The monoisotopic (exact) mass is 299 g/mol. The van der Waals surface area contributed by atoms with Gasteiger partial charge >= 0.3 is 5.97 Å². The Labute approximate surface area is 122 Å². The number of ether oxygens (including phenoxy) is 1. The first kappa shape index (κ1) is 16.6. The molecule has 0 spiro atoms. The van der Waals surface area contributed by atoms with Gasteiger partial charge in [0.1, 0.15) is 5.01 Å².